The van der Waals surface area contributed by atoms with Gasteiger partial charge in [0.05, 0.1) is 6.61 Å². The Hall–Kier alpha value is -1.15. The first-order valence-corrected chi connectivity index (χ1v) is 7.25. The van der Waals surface area contributed by atoms with Gasteiger partial charge in [0.1, 0.15) is 4.75 Å². The van der Waals surface area contributed by atoms with Gasteiger partial charge in [0.15, 0.2) is 15.4 Å². The third-order valence-corrected chi connectivity index (χ3v) is 5.30. The number of nitrogens with one attached hydrogen (secondary N) is 1. The van der Waals surface area contributed by atoms with Crippen LogP contribution in [0.3, 0.4) is 0 Å². The Morgan fingerprint density at radius 3 is 2.28 bits per heavy atom. The van der Waals surface area contributed by atoms with Crippen LogP contribution in [0.5, 0.6) is 0 Å². The van der Waals surface area contributed by atoms with E-state index in [1.807, 2.05) is 0 Å². The molecule has 2 N–H and O–H groups in total. The Labute approximate surface area is 105 Å². The monoisotopic (exact) mass is 279 g/mol. The average molecular weight is 279 g/mol. The van der Waals surface area contributed by atoms with Crippen LogP contribution in [0.25, 0.3) is 0 Å². The summed E-state index contributed by atoms with van der Waals surface area (Å²) in [6, 6.07) is 0. The summed E-state index contributed by atoms with van der Waals surface area (Å²) >= 11 is 0. The number of hydrogen-bond donors (Lipinski definition) is 2. The quantitative estimate of drug-likeness (QED) is 0.695. The summed E-state index contributed by atoms with van der Waals surface area (Å²) in [7, 11) is -3.64. The highest BCUT2D eigenvalue weighted by Gasteiger charge is 2.48. The van der Waals surface area contributed by atoms with Gasteiger partial charge in [0.2, 0.25) is 5.91 Å². The van der Waals surface area contributed by atoms with Gasteiger partial charge in [-0.05, 0) is 13.8 Å². The molecule has 18 heavy (non-hydrogen) atoms. The van der Waals surface area contributed by atoms with Gasteiger partial charge in [-0.25, -0.2) is 13.2 Å². The number of aliphatic carboxylic acids is 1. The van der Waals surface area contributed by atoms with Gasteiger partial charge >= 0.3 is 5.97 Å². The zero-order valence-corrected chi connectivity index (χ0v) is 11.3. The second-order valence-corrected chi connectivity index (χ2v) is 7.49. The van der Waals surface area contributed by atoms with Crippen LogP contribution in [0.1, 0.15) is 20.3 Å². The van der Waals surface area contributed by atoms with E-state index in [1.54, 1.807) is 0 Å². The second kappa shape index (κ2) is 4.51. The molecule has 1 aliphatic heterocycles. The number of hydrogen-bond acceptors (Lipinski definition) is 5. The molecule has 7 nitrogen and oxygen atoms in total. The van der Waals surface area contributed by atoms with Crippen molar-refractivity contribution in [2.75, 3.05) is 19.5 Å². The second-order valence-electron chi connectivity index (χ2n) is 4.93. The minimum absolute atomic E-state index is 0.119. The molecular weight excluding hydrogens is 262 g/mol. The van der Waals surface area contributed by atoms with Crippen LogP contribution in [-0.2, 0) is 24.2 Å². The highest BCUT2D eigenvalue weighted by Crippen LogP contribution is 2.22. The SMILES string of the molecule is CC(C)(C(=O)NC1(C(=O)O)CCOC1)S(C)(=O)=O. The van der Waals surface area contributed by atoms with Crippen molar-refractivity contribution in [2.24, 2.45) is 0 Å². The lowest BCUT2D eigenvalue weighted by Gasteiger charge is -2.29. The van der Waals surface area contributed by atoms with E-state index in [0.29, 0.717) is 0 Å². The third kappa shape index (κ3) is 2.49. The molecular formula is C10H17NO6S. The topological polar surface area (TPSA) is 110 Å². The van der Waals surface area contributed by atoms with Crippen LogP contribution in [0, 0.1) is 0 Å². The summed E-state index contributed by atoms with van der Waals surface area (Å²) in [6.07, 6.45) is 1.05. The van der Waals surface area contributed by atoms with Crippen molar-refractivity contribution in [3.8, 4) is 0 Å². The number of sulfone groups is 1. The molecule has 0 spiro atoms. The van der Waals surface area contributed by atoms with Gasteiger partial charge in [-0.2, -0.15) is 0 Å². The third-order valence-electron chi connectivity index (χ3n) is 3.26. The summed E-state index contributed by atoms with van der Waals surface area (Å²) in [4.78, 5) is 23.2. The molecule has 0 aromatic rings. The summed E-state index contributed by atoms with van der Waals surface area (Å²) < 4.78 is 26.3. The zero-order chi connectivity index (χ0) is 14.2. The van der Waals surface area contributed by atoms with E-state index in [1.165, 1.54) is 13.8 Å². The molecule has 1 atom stereocenters. The van der Waals surface area contributed by atoms with Gasteiger partial charge in [0, 0.05) is 19.3 Å². The van der Waals surface area contributed by atoms with Crippen LogP contribution in [0.15, 0.2) is 0 Å². The Bertz CT molecular complexity index is 461. The molecule has 1 amide bonds. The van der Waals surface area contributed by atoms with E-state index in [4.69, 9.17) is 9.84 Å². The van der Waals surface area contributed by atoms with Crippen LogP contribution < -0.4 is 5.32 Å². The first kappa shape index (κ1) is 14.9. The van der Waals surface area contributed by atoms with Crippen LogP contribution in [-0.4, -0.2) is 55.2 Å². The van der Waals surface area contributed by atoms with Crippen LogP contribution in [0.2, 0.25) is 0 Å². The predicted octanol–water partition coefficient (Wildman–Crippen LogP) is -0.830. The number of amides is 1. The van der Waals surface area contributed by atoms with Crippen molar-refractivity contribution in [2.45, 2.75) is 30.6 Å². The fourth-order valence-electron chi connectivity index (χ4n) is 1.42. The molecule has 0 bridgehead atoms. The average Bonchev–Trinajstić information content (AvgIpc) is 2.65. The number of carbonyl (C=O) groups excluding carboxylic acids is 1. The van der Waals surface area contributed by atoms with Gasteiger partial charge in [-0.1, -0.05) is 0 Å². The van der Waals surface area contributed by atoms with Crippen molar-refractivity contribution >= 4 is 21.7 Å². The van der Waals surface area contributed by atoms with E-state index in [9.17, 15) is 18.0 Å². The number of rotatable bonds is 4. The molecule has 1 heterocycles. The van der Waals surface area contributed by atoms with Gasteiger partial charge < -0.3 is 15.2 Å². The summed E-state index contributed by atoms with van der Waals surface area (Å²) in [5, 5.41) is 11.4. The fourth-order valence-corrected chi connectivity index (χ4v) is 1.81. The molecule has 0 saturated carbocycles. The molecule has 1 aliphatic rings. The van der Waals surface area contributed by atoms with Gasteiger partial charge in [-0.3, -0.25) is 4.79 Å². The number of carboxylic acid groups (broad SMARTS) is 1. The number of carbonyl (C=O) groups is 2. The minimum atomic E-state index is -3.64. The predicted molar refractivity (Wildman–Crippen MR) is 62.9 cm³/mol. The maximum absolute atomic E-state index is 12.0. The highest BCUT2D eigenvalue weighted by molar-refractivity contribution is 7.92. The van der Waals surface area contributed by atoms with E-state index in [0.717, 1.165) is 6.26 Å². The smallest absolute Gasteiger partial charge is 0.331 e. The first-order chi connectivity index (χ1) is 8.03. The van der Waals surface area contributed by atoms with E-state index < -0.39 is 32.0 Å². The lowest BCUT2D eigenvalue weighted by molar-refractivity contribution is -0.148. The first-order valence-electron chi connectivity index (χ1n) is 5.36. The molecule has 1 saturated heterocycles. The molecule has 1 fully saturated rings. The molecule has 0 radical (unpaired) electrons. The van der Waals surface area contributed by atoms with E-state index >= 15 is 0 Å². The fraction of sp³-hybridized carbons (Fsp3) is 0.800. The zero-order valence-electron chi connectivity index (χ0n) is 10.5. The van der Waals surface area contributed by atoms with E-state index in [2.05, 4.69) is 5.32 Å². The largest absolute Gasteiger partial charge is 0.479 e. The summed E-state index contributed by atoms with van der Waals surface area (Å²) in [5.74, 6) is -2.06. The summed E-state index contributed by atoms with van der Waals surface area (Å²) in [6.45, 7) is 2.53. The Morgan fingerprint density at radius 1 is 1.39 bits per heavy atom. The Kier molecular flexibility index (Phi) is 3.73. The molecule has 0 aromatic heterocycles. The van der Waals surface area contributed by atoms with Crippen LogP contribution in [0.4, 0.5) is 0 Å². The lowest BCUT2D eigenvalue weighted by atomic mass is 9.98. The Balaban J connectivity index is 2.97. The van der Waals surface area contributed by atoms with Crippen molar-refractivity contribution in [3.05, 3.63) is 0 Å². The van der Waals surface area contributed by atoms with Crippen molar-refractivity contribution in [1.82, 2.24) is 5.32 Å². The van der Waals surface area contributed by atoms with Gasteiger partial charge in [-0.15, -0.1) is 0 Å². The standard InChI is InChI=1S/C10H17NO6S/c1-9(2,18(3,15)16)7(12)11-10(8(13)14)4-5-17-6-10/h4-6H2,1-3H3,(H,11,12)(H,13,14). The normalized spacial score (nSPS) is 24.8. The summed E-state index contributed by atoms with van der Waals surface area (Å²) in [5.41, 5.74) is -1.53. The van der Waals surface area contributed by atoms with Crippen molar-refractivity contribution in [3.63, 3.8) is 0 Å². The van der Waals surface area contributed by atoms with E-state index in [-0.39, 0.29) is 19.6 Å². The highest BCUT2D eigenvalue weighted by atomic mass is 32.2. The minimum Gasteiger partial charge on any atom is -0.479 e. The number of carboxylic acids is 1. The molecule has 1 unspecified atom stereocenters. The van der Waals surface area contributed by atoms with Crippen LogP contribution >= 0.6 is 0 Å². The molecule has 104 valence electrons. The maximum atomic E-state index is 12.0. The molecule has 0 aromatic carbocycles. The lowest BCUT2D eigenvalue weighted by Crippen LogP contribution is -2.60. The maximum Gasteiger partial charge on any atom is 0.331 e. The molecule has 1 rings (SSSR count). The number of ether oxygens (including phenoxy) is 1. The van der Waals surface area contributed by atoms with Crippen molar-refractivity contribution in [1.29, 1.82) is 0 Å². The Morgan fingerprint density at radius 2 is 1.94 bits per heavy atom. The van der Waals surface area contributed by atoms with Crippen molar-refractivity contribution < 1.29 is 27.9 Å². The van der Waals surface area contributed by atoms with Gasteiger partial charge in [0.25, 0.3) is 0 Å². The molecule has 8 heteroatoms. The molecule has 0 aliphatic carbocycles.